The molecule has 1 unspecified atom stereocenters. The fraction of sp³-hybridized carbons (Fsp3) is 1.00. The Morgan fingerprint density at radius 3 is 2.14 bits per heavy atom. The van der Waals surface area contributed by atoms with E-state index in [2.05, 4.69) is 10.2 Å². The van der Waals surface area contributed by atoms with Gasteiger partial charge in [0.25, 0.3) is 0 Å². The molecule has 2 nitrogen and oxygen atoms in total. The number of halogens is 3. The molecule has 0 aromatic carbocycles. The Labute approximate surface area is 125 Å². The van der Waals surface area contributed by atoms with Crippen molar-refractivity contribution in [3.8, 4) is 0 Å². The van der Waals surface area contributed by atoms with Crippen LogP contribution in [0.15, 0.2) is 0 Å². The average molecular weight is 304 g/mol. The van der Waals surface area contributed by atoms with Crippen molar-refractivity contribution < 1.29 is 13.2 Å². The Hall–Kier alpha value is -0.290. The Morgan fingerprint density at radius 2 is 1.62 bits per heavy atom. The number of nitrogens with zero attached hydrogens (tertiary/aromatic N) is 1. The molecule has 0 radical (unpaired) electrons. The Bertz CT molecular complexity index is 327. The van der Waals surface area contributed by atoms with Crippen LogP contribution < -0.4 is 5.32 Å². The minimum absolute atomic E-state index is 0.327. The number of rotatable bonds is 5. The minimum Gasteiger partial charge on any atom is -0.313 e. The highest BCUT2D eigenvalue weighted by Gasteiger charge is 2.42. The maximum absolute atomic E-state index is 12.8. The largest absolute Gasteiger partial charge is 0.391 e. The molecule has 2 saturated carbocycles. The summed E-state index contributed by atoms with van der Waals surface area (Å²) < 4.78 is 38.4. The predicted molar refractivity (Wildman–Crippen MR) is 77.1 cm³/mol. The predicted octanol–water partition coefficient (Wildman–Crippen LogP) is 3.57. The molecule has 1 saturated heterocycles. The van der Waals surface area contributed by atoms with Gasteiger partial charge in [-0.2, -0.15) is 13.2 Å². The van der Waals surface area contributed by atoms with Gasteiger partial charge in [-0.25, -0.2) is 0 Å². The second-order valence-electron chi connectivity index (χ2n) is 7.24. The molecule has 21 heavy (non-hydrogen) atoms. The van der Waals surface area contributed by atoms with E-state index in [1.807, 2.05) is 0 Å². The fourth-order valence-corrected chi connectivity index (χ4v) is 3.97. The Balaban J connectivity index is 1.53. The monoisotopic (exact) mass is 304 g/mol. The molecule has 1 atom stereocenters. The molecular weight excluding hydrogens is 277 g/mol. The van der Waals surface area contributed by atoms with Crippen LogP contribution in [0.5, 0.6) is 0 Å². The summed E-state index contributed by atoms with van der Waals surface area (Å²) in [7, 11) is 0. The lowest BCUT2D eigenvalue weighted by molar-refractivity contribution is -0.184. The number of alkyl halides is 3. The lowest BCUT2D eigenvalue weighted by Gasteiger charge is -2.38. The molecule has 5 heteroatoms. The van der Waals surface area contributed by atoms with Gasteiger partial charge in [-0.3, -0.25) is 4.90 Å². The zero-order valence-corrected chi connectivity index (χ0v) is 12.7. The van der Waals surface area contributed by atoms with Crippen molar-refractivity contribution in [3.63, 3.8) is 0 Å². The van der Waals surface area contributed by atoms with E-state index in [1.54, 1.807) is 0 Å². The second-order valence-corrected chi connectivity index (χ2v) is 7.24. The van der Waals surface area contributed by atoms with Crippen LogP contribution in [0, 0.1) is 11.8 Å². The van der Waals surface area contributed by atoms with Crippen molar-refractivity contribution in [3.05, 3.63) is 0 Å². The van der Waals surface area contributed by atoms with E-state index in [9.17, 15) is 13.2 Å². The molecule has 0 spiro atoms. The molecule has 122 valence electrons. The number of nitrogens with one attached hydrogen (secondary N) is 1. The summed E-state index contributed by atoms with van der Waals surface area (Å²) in [6.07, 6.45) is 3.20. The summed E-state index contributed by atoms with van der Waals surface area (Å²) in [6, 6.07) is 0.940. The lowest BCUT2D eigenvalue weighted by atomic mass is 9.84. The first kappa shape index (κ1) is 15.6. The van der Waals surface area contributed by atoms with Crippen LogP contribution in [0.4, 0.5) is 13.2 Å². The SMILES string of the molecule is FC(F)(F)C1CCC(N(CC2CC2)CC2CCCN2)CC1. The number of hydrogen-bond acceptors (Lipinski definition) is 2. The average Bonchev–Trinajstić information content (AvgIpc) is 3.11. The molecular formula is C16H27F3N2. The van der Waals surface area contributed by atoms with E-state index >= 15 is 0 Å². The van der Waals surface area contributed by atoms with Crippen molar-refractivity contribution in [1.82, 2.24) is 10.2 Å². The summed E-state index contributed by atoms with van der Waals surface area (Å²) in [6.45, 7) is 3.25. The van der Waals surface area contributed by atoms with Crippen LogP contribution in [0.2, 0.25) is 0 Å². The summed E-state index contributed by atoms with van der Waals surface area (Å²) in [5.74, 6) is -0.243. The van der Waals surface area contributed by atoms with Gasteiger partial charge in [0.2, 0.25) is 0 Å². The van der Waals surface area contributed by atoms with E-state index in [0.29, 0.717) is 24.9 Å². The maximum atomic E-state index is 12.8. The normalized spacial score (nSPS) is 34.6. The zero-order chi connectivity index (χ0) is 14.9. The van der Waals surface area contributed by atoms with E-state index < -0.39 is 12.1 Å². The molecule has 3 aliphatic rings. The molecule has 2 aliphatic carbocycles. The zero-order valence-electron chi connectivity index (χ0n) is 12.7. The first-order valence-electron chi connectivity index (χ1n) is 8.56. The molecule has 1 heterocycles. The molecule has 1 aliphatic heterocycles. The smallest absolute Gasteiger partial charge is 0.313 e. The van der Waals surface area contributed by atoms with Gasteiger partial charge in [-0.1, -0.05) is 0 Å². The summed E-state index contributed by atoms with van der Waals surface area (Å²) in [5, 5.41) is 3.53. The van der Waals surface area contributed by atoms with Crippen molar-refractivity contribution in [2.75, 3.05) is 19.6 Å². The third kappa shape index (κ3) is 4.35. The van der Waals surface area contributed by atoms with E-state index in [1.165, 1.54) is 25.7 Å². The van der Waals surface area contributed by atoms with Crippen LogP contribution >= 0.6 is 0 Å². The maximum Gasteiger partial charge on any atom is 0.391 e. The van der Waals surface area contributed by atoms with Gasteiger partial charge in [0.1, 0.15) is 0 Å². The van der Waals surface area contributed by atoms with E-state index in [0.717, 1.165) is 38.4 Å². The van der Waals surface area contributed by atoms with Crippen molar-refractivity contribution in [2.45, 2.75) is 69.6 Å². The summed E-state index contributed by atoms with van der Waals surface area (Å²) in [4.78, 5) is 2.52. The number of hydrogen-bond donors (Lipinski definition) is 1. The topological polar surface area (TPSA) is 15.3 Å². The van der Waals surface area contributed by atoms with Gasteiger partial charge in [0.05, 0.1) is 5.92 Å². The molecule has 0 bridgehead atoms. The van der Waals surface area contributed by atoms with Crippen molar-refractivity contribution in [2.24, 2.45) is 11.8 Å². The first-order valence-corrected chi connectivity index (χ1v) is 8.56. The standard InChI is InChI=1S/C16H27F3N2/c17-16(18,19)13-5-7-15(8-6-13)21(10-12-3-4-12)11-14-2-1-9-20-14/h12-15,20H,1-11H2. The molecule has 1 N–H and O–H groups in total. The highest BCUT2D eigenvalue weighted by Crippen LogP contribution is 2.40. The van der Waals surface area contributed by atoms with E-state index in [4.69, 9.17) is 0 Å². The van der Waals surface area contributed by atoms with Gasteiger partial charge in [-0.05, 0) is 63.8 Å². The fourth-order valence-electron chi connectivity index (χ4n) is 3.97. The molecule has 0 aromatic heterocycles. The van der Waals surface area contributed by atoms with Gasteiger partial charge >= 0.3 is 6.18 Å². The minimum atomic E-state index is -3.99. The quantitative estimate of drug-likeness (QED) is 0.835. The molecule has 3 rings (SSSR count). The summed E-state index contributed by atoms with van der Waals surface area (Å²) >= 11 is 0. The van der Waals surface area contributed by atoms with Crippen molar-refractivity contribution in [1.29, 1.82) is 0 Å². The van der Waals surface area contributed by atoms with Crippen LogP contribution in [0.1, 0.15) is 51.4 Å². The van der Waals surface area contributed by atoms with Gasteiger partial charge in [-0.15, -0.1) is 0 Å². The summed E-state index contributed by atoms with van der Waals surface area (Å²) in [5.41, 5.74) is 0. The lowest BCUT2D eigenvalue weighted by Crippen LogP contribution is -2.46. The van der Waals surface area contributed by atoms with Gasteiger partial charge in [0, 0.05) is 25.2 Å². The Morgan fingerprint density at radius 1 is 0.905 bits per heavy atom. The van der Waals surface area contributed by atoms with Crippen molar-refractivity contribution >= 4 is 0 Å². The molecule has 3 fully saturated rings. The van der Waals surface area contributed by atoms with Gasteiger partial charge in [0.15, 0.2) is 0 Å². The van der Waals surface area contributed by atoms with Crippen LogP contribution in [-0.2, 0) is 0 Å². The third-order valence-corrected chi connectivity index (χ3v) is 5.48. The first-order chi connectivity index (χ1) is 10.0. The van der Waals surface area contributed by atoms with Gasteiger partial charge < -0.3 is 5.32 Å². The highest BCUT2D eigenvalue weighted by atomic mass is 19.4. The highest BCUT2D eigenvalue weighted by molar-refractivity contribution is 4.89. The molecule has 0 aromatic rings. The van der Waals surface area contributed by atoms with Crippen LogP contribution in [0.25, 0.3) is 0 Å². The Kier molecular flexibility index (Phi) is 4.79. The second kappa shape index (κ2) is 6.45. The third-order valence-electron chi connectivity index (χ3n) is 5.48. The van der Waals surface area contributed by atoms with E-state index in [-0.39, 0.29) is 0 Å². The van der Waals surface area contributed by atoms with Crippen LogP contribution in [-0.4, -0.2) is 42.8 Å². The van der Waals surface area contributed by atoms with Crippen LogP contribution in [0.3, 0.4) is 0 Å². The molecule has 0 amide bonds.